The van der Waals surface area contributed by atoms with Gasteiger partial charge in [-0.25, -0.2) is 4.79 Å². The SMILES string of the molecule is CC(C)(NC(=O)NC1CCCCC1)c1ccc2c(c1)OCCO2. The van der Waals surface area contributed by atoms with Crippen LogP contribution in [0.25, 0.3) is 0 Å². The van der Waals surface area contributed by atoms with Gasteiger partial charge in [-0.05, 0) is 44.4 Å². The van der Waals surface area contributed by atoms with Crippen molar-refractivity contribution in [3.63, 3.8) is 0 Å². The number of hydrogen-bond donors (Lipinski definition) is 2. The lowest BCUT2D eigenvalue weighted by Crippen LogP contribution is -2.49. The first kappa shape index (κ1) is 16.0. The number of rotatable bonds is 3. The van der Waals surface area contributed by atoms with Gasteiger partial charge >= 0.3 is 6.03 Å². The van der Waals surface area contributed by atoms with Gasteiger partial charge in [-0.1, -0.05) is 25.3 Å². The highest BCUT2D eigenvalue weighted by Crippen LogP contribution is 2.34. The van der Waals surface area contributed by atoms with E-state index in [1.165, 1.54) is 19.3 Å². The van der Waals surface area contributed by atoms with Crippen molar-refractivity contribution in [2.45, 2.75) is 57.5 Å². The molecule has 2 N–H and O–H groups in total. The van der Waals surface area contributed by atoms with Crippen LogP contribution in [0.5, 0.6) is 11.5 Å². The molecule has 1 aliphatic carbocycles. The molecule has 1 aliphatic heterocycles. The molecule has 1 aromatic rings. The van der Waals surface area contributed by atoms with Crippen molar-refractivity contribution < 1.29 is 14.3 Å². The van der Waals surface area contributed by atoms with Crippen LogP contribution in [0.1, 0.15) is 51.5 Å². The van der Waals surface area contributed by atoms with E-state index in [0.29, 0.717) is 19.3 Å². The smallest absolute Gasteiger partial charge is 0.315 e. The second kappa shape index (κ2) is 6.69. The predicted molar refractivity (Wildman–Crippen MR) is 89.0 cm³/mol. The van der Waals surface area contributed by atoms with E-state index in [9.17, 15) is 4.79 Å². The number of benzene rings is 1. The van der Waals surface area contributed by atoms with Crippen molar-refractivity contribution in [1.82, 2.24) is 10.6 Å². The van der Waals surface area contributed by atoms with Gasteiger partial charge in [0.1, 0.15) is 13.2 Å². The van der Waals surface area contributed by atoms with Crippen molar-refractivity contribution in [1.29, 1.82) is 0 Å². The summed E-state index contributed by atoms with van der Waals surface area (Å²) in [4.78, 5) is 12.3. The minimum Gasteiger partial charge on any atom is -0.486 e. The fourth-order valence-corrected chi connectivity index (χ4v) is 3.26. The Morgan fingerprint density at radius 3 is 2.52 bits per heavy atom. The molecule has 1 saturated carbocycles. The molecule has 0 saturated heterocycles. The minimum absolute atomic E-state index is 0.100. The molecule has 23 heavy (non-hydrogen) atoms. The van der Waals surface area contributed by atoms with Crippen molar-refractivity contribution in [3.8, 4) is 11.5 Å². The average molecular weight is 318 g/mol. The molecule has 5 nitrogen and oxygen atoms in total. The Labute approximate surface area is 137 Å². The van der Waals surface area contributed by atoms with Crippen LogP contribution in [0, 0.1) is 0 Å². The average Bonchev–Trinajstić information content (AvgIpc) is 2.54. The van der Waals surface area contributed by atoms with E-state index in [2.05, 4.69) is 10.6 Å². The summed E-state index contributed by atoms with van der Waals surface area (Å²) in [5.41, 5.74) is 0.523. The number of fused-ring (bicyclic) bond motifs is 1. The maximum absolute atomic E-state index is 12.3. The highest BCUT2D eigenvalue weighted by molar-refractivity contribution is 5.75. The standard InChI is InChI=1S/C18H26N2O3/c1-18(2,20-17(21)19-14-6-4-3-5-7-14)13-8-9-15-16(12-13)23-11-10-22-15/h8-9,12,14H,3-7,10-11H2,1-2H3,(H2,19,20,21). The summed E-state index contributed by atoms with van der Waals surface area (Å²) in [6.45, 7) is 5.14. The lowest BCUT2D eigenvalue weighted by Gasteiger charge is -2.30. The zero-order chi connectivity index (χ0) is 16.3. The maximum Gasteiger partial charge on any atom is 0.315 e. The molecule has 0 unspecified atom stereocenters. The number of hydrogen-bond acceptors (Lipinski definition) is 3. The first-order valence-electron chi connectivity index (χ1n) is 8.53. The molecule has 0 aromatic heterocycles. The number of urea groups is 1. The molecular formula is C18H26N2O3. The summed E-state index contributed by atoms with van der Waals surface area (Å²) in [6.07, 6.45) is 5.85. The monoisotopic (exact) mass is 318 g/mol. The molecule has 0 atom stereocenters. The molecule has 0 spiro atoms. The Kier molecular flexibility index (Phi) is 4.64. The van der Waals surface area contributed by atoms with Gasteiger partial charge < -0.3 is 20.1 Å². The Morgan fingerprint density at radius 2 is 1.78 bits per heavy atom. The zero-order valence-electron chi connectivity index (χ0n) is 14.0. The van der Waals surface area contributed by atoms with E-state index < -0.39 is 5.54 Å². The Morgan fingerprint density at radius 1 is 1.09 bits per heavy atom. The van der Waals surface area contributed by atoms with Crippen LogP contribution in [0.4, 0.5) is 4.79 Å². The van der Waals surface area contributed by atoms with Gasteiger partial charge in [0.2, 0.25) is 0 Å². The molecular weight excluding hydrogens is 292 g/mol. The van der Waals surface area contributed by atoms with Gasteiger partial charge in [0.25, 0.3) is 0 Å². The second-order valence-electron chi connectivity index (χ2n) is 6.92. The number of nitrogens with one attached hydrogen (secondary N) is 2. The quantitative estimate of drug-likeness (QED) is 0.899. The number of amides is 2. The summed E-state index contributed by atoms with van der Waals surface area (Å²) in [5.74, 6) is 1.51. The number of carbonyl (C=O) groups is 1. The van der Waals surface area contributed by atoms with Crippen LogP contribution in [-0.4, -0.2) is 25.3 Å². The Balaban J connectivity index is 1.64. The van der Waals surface area contributed by atoms with E-state index in [0.717, 1.165) is 29.9 Å². The third kappa shape index (κ3) is 3.89. The Bertz CT molecular complexity index is 565. The van der Waals surface area contributed by atoms with E-state index >= 15 is 0 Å². The topological polar surface area (TPSA) is 59.6 Å². The summed E-state index contributed by atoms with van der Waals surface area (Å²) in [5, 5.41) is 6.18. The fourth-order valence-electron chi connectivity index (χ4n) is 3.26. The van der Waals surface area contributed by atoms with Crippen LogP contribution >= 0.6 is 0 Å². The molecule has 1 heterocycles. The van der Waals surface area contributed by atoms with Gasteiger partial charge in [-0.3, -0.25) is 0 Å². The van der Waals surface area contributed by atoms with Crippen molar-refractivity contribution >= 4 is 6.03 Å². The second-order valence-corrected chi connectivity index (χ2v) is 6.92. The predicted octanol–water partition coefficient (Wildman–Crippen LogP) is 3.32. The summed E-state index contributed by atoms with van der Waals surface area (Å²) >= 11 is 0. The van der Waals surface area contributed by atoms with Crippen LogP contribution in [-0.2, 0) is 5.54 Å². The fraction of sp³-hybridized carbons (Fsp3) is 0.611. The highest BCUT2D eigenvalue weighted by Gasteiger charge is 2.26. The lowest BCUT2D eigenvalue weighted by molar-refractivity contribution is 0.171. The molecule has 0 radical (unpaired) electrons. The molecule has 1 fully saturated rings. The molecule has 5 heteroatoms. The van der Waals surface area contributed by atoms with Gasteiger partial charge in [-0.2, -0.15) is 0 Å². The third-order valence-corrected chi connectivity index (χ3v) is 4.63. The largest absolute Gasteiger partial charge is 0.486 e. The van der Waals surface area contributed by atoms with Crippen LogP contribution < -0.4 is 20.1 Å². The van der Waals surface area contributed by atoms with Crippen molar-refractivity contribution in [2.75, 3.05) is 13.2 Å². The van der Waals surface area contributed by atoms with E-state index in [1.54, 1.807) is 0 Å². The van der Waals surface area contributed by atoms with Crippen LogP contribution in [0.15, 0.2) is 18.2 Å². The molecule has 0 bridgehead atoms. The number of carbonyl (C=O) groups excluding carboxylic acids is 1. The molecule has 2 aliphatic rings. The molecule has 126 valence electrons. The lowest BCUT2D eigenvalue weighted by atomic mass is 9.93. The summed E-state index contributed by atoms with van der Waals surface area (Å²) in [7, 11) is 0. The zero-order valence-corrected chi connectivity index (χ0v) is 14.0. The molecule has 1 aromatic carbocycles. The van der Waals surface area contributed by atoms with E-state index in [-0.39, 0.29) is 6.03 Å². The van der Waals surface area contributed by atoms with Gasteiger partial charge in [0, 0.05) is 6.04 Å². The molecule has 3 rings (SSSR count). The maximum atomic E-state index is 12.3. The molecule has 2 amide bonds. The Hall–Kier alpha value is -1.91. The van der Waals surface area contributed by atoms with Gasteiger partial charge in [0.15, 0.2) is 11.5 Å². The van der Waals surface area contributed by atoms with E-state index in [4.69, 9.17) is 9.47 Å². The normalized spacial score (nSPS) is 18.3. The minimum atomic E-state index is -0.478. The van der Waals surface area contributed by atoms with Gasteiger partial charge in [0.05, 0.1) is 5.54 Å². The third-order valence-electron chi connectivity index (χ3n) is 4.63. The summed E-state index contributed by atoms with van der Waals surface area (Å²) in [6, 6.07) is 6.05. The highest BCUT2D eigenvalue weighted by atomic mass is 16.6. The van der Waals surface area contributed by atoms with Gasteiger partial charge in [-0.15, -0.1) is 0 Å². The van der Waals surface area contributed by atoms with E-state index in [1.807, 2.05) is 32.0 Å². The van der Waals surface area contributed by atoms with Crippen molar-refractivity contribution in [2.24, 2.45) is 0 Å². The summed E-state index contributed by atoms with van der Waals surface area (Å²) < 4.78 is 11.2. The number of ether oxygens (including phenoxy) is 2. The van der Waals surface area contributed by atoms with Crippen LogP contribution in [0.2, 0.25) is 0 Å². The van der Waals surface area contributed by atoms with Crippen LogP contribution in [0.3, 0.4) is 0 Å². The van der Waals surface area contributed by atoms with Crippen molar-refractivity contribution in [3.05, 3.63) is 23.8 Å². The first-order chi connectivity index (χ1) is 11.0. The first-order valence-corrected chi connectivity index (χ1v) is 8.53.